The third-order valence-electron chi connectivity index (χ3n) is 3.30. The van der Waals surface area contributed by atoms with Crippen molar-refractivity contribution in [3.05, 3.63) is 60.0 Å². The number of hydrogen-bond acceptors (Lipinski definition) is 5. The van der Waals surface area contributed by atoms with Crippen LogP contribution >= 0.6 is 0 Å². The largest absolute Gasteiger partial charge is 0.466 e. The van der Waals surface area contributed by atoms with E-state index in [2.05, 4.69) is 9.72 Å². The van der Waals surface area contributed by atoms with E-state index in [0.29, 0.717) is 0 Å². The van der Waals surface area contributed by atoms with Crippen molar-refractivity contribution in [2.24, 2.45) is 0 Å². The number of aromatic nitrogens is 1. The Hall–Kier alpha value is -3.17. The number of halogens is 4. The first-order chi connectivity index (χ1) is 12.2. The standard InChI is InChI=1S/C16H13F4N3O3/c1-26-14(25)15(16(18,19)20,22-12-4-2-3-9-21-12)23-13(24)10-5-7-11(17)8-6-10/h2-9H,1H3,(H,21,22)(H,23,24)/t15-/m1/s1. The van der Waals surface area contributed by atoms with Gasteiger partial charge in [-0.15, -0.1) is 0 Å². The Balaban J connectivity index is 2.46. The van der Waals surface area contributed by atoms with Crippen LogP contribution in [0.4, 0.5) is 23.4 Å². The Labute approximate surface area is 145 Å². The molecule has 1 aromatic carbocycles. The van der Waals surface area contributed by atoms with Crippen LogP contribution in [0.5, 0.6) is 0 Å². The Morgan fingerprint density at radius 2 is 1.73 bits per heavy atom. The number of amides is 1. The second-order valence-corrected chi connectivity index (χ2v) is 5.04. The summed E-state index contributed by atoms with van der Waals surface area (Å²) in [5.41, 5.74) is -3.88. The highest BCUT2D eigenvalue weighted by molar-refractivity contribution is 5.99. The molecular weight excluding hydrogens is 358 g/mol. The summed E-state index contributed by atoms with van der Waals surface area (Å²) in [6, 6.07) is 7.76. The normalized spacial score (nSPS) is 13.4. The smallest absolute Gasteiger partial charge is 0.441 e. The van der Waals surface area contributed by atoms with Crippen LogP contribution in [0.25, 0.3) is 0 Å². The number of ether oxygens (including phenoxy) is 1. The zero-order valence-corrected chi connectivity index (χ0v) is 13.3. The molecule has 6 nitrogen and oxygen atoms in total. The van der Waals surface area contributed by atoms with Gasteiger partial charge in [0.1, 0.15) is 11.6 Å². The molecule has 0 radical (unpaired) electrons. The van der Waals surface area contributed by atoms with Gasteiger partial charge >= 0.3 is 17.8 Å². The van der Waals surface area contributed by atoms with Gasteiger partial charge in [-0.3, -0.25) is 4.79 Å². The topological polar surface area (TPSA) is 80.3 Å². The zero-order valence-electron chi connectivity index (χ0n) is 13.3. The quantitative estimate of drug-likeness (QED) is 0.480. The van der Waals surface area contributed by atoms with Gasteiger partial charge < -0.3 is 15.4 Å². The summed E-state index contributed by atoms with van der Waals surface area (Å²) in [7, 11) is 0.743. The van der Waals surface area contributed by atoms with E-state index in [4.69, 9.17) is 0 Å². The van der Waals surface area contributed by atoms with Crippen LogP contribution < -0.4 is 10.6 Å². The van der Waals surface area contributed by atoms with Gasteiger partial charge in [-0.2, -0.15) is 13.2 Å². The van der Waals surface area contributed by atoms with Gasteiger partial charge in [0.15, 0.2) is 0 Å². The molecule has 0 fully saturated rings. The minimum absolute atomic E-state index is 0.285. The molecule has 1 aromatic heterocycles. The fourth-order valence-corrected chi connectivity index (χ4v) is 2.02. The van der Waals surface area contributed by atoms with Crippen molar-refractivity contribution in [3.8, 4) is 0 Å². The molecule has 0 aliphatic rings. The fraction of sp³-hybridized carbons (Fsp3) is 0.188. The number of nitrogens with zero attached hydrogens (tertiary/aromatic N) is 1. The summed E-state index contributed by atoms with van der Waals surface area (Å²) in [5.74, 6) is -4.07. The van der Waals surface area contributed by atoms with E-state index in [-0.39, 0.29) is 11.4 Å². The van der Waals surface area contributed by atoms with Crippen LogP contribution in [0.2, 0.25) is 0 Å². The average Bonchev–Trinajstić information content (AvgIpc) is 2.60. The van der Waals surface area contributed by atoms with Crippen molar-refractivity contribution in [2.45, 2.75) is 11.8 Å². The van der Waals surface area contributed by atoms with E-state index in [1.54, 1.807) is 5.32 Å². The molecule has 2 aromatic rings. The third-order valence-corrected chi connectivity index (χ3v) is 3.30. The number of anilines is 1. The maximum absolute atomic E-state index is 13.8. The zero-order chi connectivity index (χ0) is 19.4. The molecule has 0 spiro atoms. The number of esters is 1. The van der Waals surface area contributed by atoms with Gasteiger partial charge in [-0.25, -0.2) is 14.2 Å². The molecule has 2 rings (SSSR count). The van der Waals surface area contributed by atoms with Crippen LogP contribution in [-0.2, 0) is 9.53 Å². The number of pyridine rings is 1. The van der Waals surface area contributed by atoms with Gasteiger partial charge in [0.25, 0.3) is 5.91 Å². The number of hydrogen-bond donors (Lipinski definition) is 2. The van der Waals surface area contributed by atoms with Crippen molar-refractivity contribution >= 4 is 17.7 Å². The summed E-state index contributed by atoms with van der Waals surface area (Å²) in [5, 5.41) is 3.47. The highest BCUT2D eigenvalue weighted by Gasteiger charge is 2.63. The molecule has 0 saturated heterocycles. The van der Waals surface area contributed by atoms with Gasteiger partial charge in [-0.05, 0) is 36.4 Å². The predicted molar refractivity (Wildman–Crippen MR) is 82.5 cm³/mol. The maximum atomic E-state index is 13.8. The molecule has 0 aliphatic heterocycles. The molecular formula is C16H13F4N3O3. The van der Waals surface area contributed by atoms with Gasteiger partial charge in [0.2, 0.25) is 0 Å². The lowest BCUT2D eigenvalue weighted by molar-refractivity contribution is -0.203. The van der Waals surface area contributed by atoms with Crippen molar-refractivity contribution in [1.29, 1.82) is 0 Å². The van der Waals surface area contributed by atoms with Crippen molar-refractivity contribution in [3.63, 3.8) is 0 Å². The highest BCUT2D eigenvalue weighted by atomic mass is 19.4. The van der Waals surface area contributed by atoms with E-state index in [1.165, 1.54) is 24.4 Å². The molecule has 2 N–H and O–H groups in total. The highest BCUT2D eigenvalue weighted by Crippen LogP contribution is 2.32. The molecule has 0 bridgehead atoms. The van der Waals surface area contributed by atoms with Gasteiger partial charge in [0.05, 0.1) is 7.11 Å². The Morgan fingerprint density at radius 3 is 2.23 bits per heavy atom. The average molecular weight is 371 g/mol. The first-order valence-electron chi connectivity index (χ1n) is 7.12. The molecule has 0 aliphatic carbocycles. The monoisotopic (exact) mass is 371 g/mol. The molecule has 1 heterocycles. The van der Waals surface area contributed by atoms with E-state index < -0.39 is 29.5 Å². The van der Waals surface area contributed by atoms with Crippen molar-refractivity contribution in [1.82, 2.24) is 10.3 Å². The molecule has 26 heavy (non-hydrogen) atoms. The maximum Gasteiger partial charge on any atom is 0.441 e. The van der Waals surface area contributed by atoms with Crippen LogP contribution in [0, 0.1) is 5.82 Å². The Morgan fingerprint density at radius 1 is 1.08 bits per heavy atom. The Bertz CT molecular complexity index is 782. The van der Waals surface area contributed by atoms with Crippen LogP contribution in [0.15, 0.2) is 48.7 Å². The summed E-state index contributed by atoms with van der Waals surface area (Å²) < 4.78 is 58.5. The summed E-state index contributed by atoms with van der Waals surface area (Å²) in [4.78, 5) is 27.9. The molecule has 1 amide bonds. The van der Waals surface area contributed by atoms with E-state index >= 15 is 0 Å². The van der Waals surface area contributed by atoms with E-state index in [9.17, 15) is 27.2 Å². The molecule has 138 valence electrons. The lowest BCUT2D eigenvalue weighted by Gasteiger charge is -2.34. The first-order valence-corrected chi connectivity index (χ1v) is 7.12. The molecule has 0 saturated carbocycles. The lowest BCUT2D eigenvalue weighted by atomic mass is 10.1. The summed E-state index contributed by atoms with van der Waals surface area (Å²) in [6.45, 7) is 0. The van der Waals surface area contributed by atoms with Crippen molar-refractivity contribution < 1.29 is 31.9 Å². The molecule has 0 unspecified atom stereocenters. The first kappa shape index (κ1) is 19.2. The van der Waals surface area contributed by atoms with Gasteiger partial charge in [0, 0.05) is 11.8 Å². The predicted octanol–water partition coefficient (Wildman–Crippen LogP) is 2.49. The Kier molecular flexibility index (Phi) is 5.44. The summed E-state index contributed by atoms with van der Waals surface area (Å²) >= 11 is 0. The number of alkyl halides is 3. The van der Waals surface area contributed by atoms with Crippen LogP contribution in [-0.4, -0.2) is 35.8 Å². The van der Waals surface area contributed by atoms with E-state index in [0.717, 1.165) is 31.4 Å². The second-order valence-electron chi connectivity index (χ2n) is 5.04. The number of rotatable bonds is 5. The third kappa shape index (κ3) is 3.90. The lowest BCUT2D eigenvalue weighted by Crippen LogP contribution is -2.69. The number of benzene rings is 1. The molecule has 1 atom stereocenters. The second kappa shape index (κ2) is 7.38. The minimum atomic E-state index is -5.28. The van der Waals surface area contributed by atoms with E-state index in [1.807, 2.05) is 5.32 Å². The summed E-state index contributed by atoms with van der Waals surface area (Å²) in [6.07, 6.45) is -4.09. The van der Waals surface area contributed by atoms with Crippen molar-refractivity contribution in [2.75, 3.05) is 12.4 Å². The number of methoxy groups -OCH3 is 1. The fourth-order valence-electron chi connectivity index (χ4n) is 2.02. The van der Waals surface area contributed by atoms with Gasteiger partial charge in [-0.1, -0.05) is 6.07 Å². The minimum Gasteiger partial charge on any atom is -0.466 e. The number of carbonyl (C=O) groups excluding carboxylic acids is 2. The molecule has 10 heteroatoms. The number of nitrogens with one attached hydrogen (secondary N) is 2. The SMILES string of the molecule is COC(=O)[C@](NC(=O)c1ccc(F)cc1)(Nc1ccccn1)C(F)(F)F. The number of carbonyl (C=O) groups is 2. The van der Waals surface area contributed by atoms with Crippen LogP contribution in [0.3, 0.4) is 0 Å². The van der Waals surface area contributed by atoms with Crippen LogP contribution in [0.1, 0.15) is 10.4 Å².